The minimum absolute atomic E-state index is 0.440. The Labute approximate surface area is 93.7 Å². The molecule has 0 spiro atoms. The fourth-order valence-corrected chi connectivity index (χ4v) is 3.27. The van der Waals surface area contributed by atoms with E-state index in [0.717, 1.165) is 16.2 Å². The van der Waals surface area contributed by atoms with Gasteiger partial charge < -0.3 is 5.11 Å². The van der Waals surface area contributed by atoms with Gasteiger partial charge in [0, 0.05) is 4.90 Å². The molecule has 15 heavy (non-hydrogen) atoms. The topological polar surface area (TPSA) is 37.3 Å². The Balaban J connectivity index is 2.54. The SMILES string of the molecule is Cc1cc2c(cc1C(=O)O)SCC[C@@H]2C. The van der Waals surface area contributed by atoms with E-state index in [1.54, 1.807) is 11.8 Å². The molecular formula is C12H14O2S. The van der Waals surface area contributed by atoms with Gasteiger partial charge in [0.05, 0.1) is 5.56 Å². The Bertz CT molecular complexity index is 412. The zero-order chi connectivity index (χ0) is 11.0. The van der Waals surface area contributed by atoms with Crippen LogP contribution in [0.5, 0.6) is 0 Å². The van der Waals surface area contributed by atoms with Crippen molar-refractivity contribution in [2.75, 3.05) is 5.75 Å². The average Bonchev–Trinajstić information content (AvgIpc) is 2.18. The first kappa shape index (κ1) is 10.6. The lowest BCUT2D eigenvalue weighted by atomic mass is 9.94. The van der Waals surface area contributed by atoms with Gasteiger partial charge in [-0.3, -0.25) is 0 Å². The first-order chi connectivity index (χ1) is 7.09. The van der Waals surface area contributed by atoms with Crippen LogP contribution in [0, 0.1) is 6.92 Å². The molecule has 2 nitrogen and oxygen atoms in total. The summed E-state index contributed by atoms with van der Waals surface area (Å²) >= 11 is 1.77. The van der Waals surface area contributed by atoms with Gasteiger partial charge in [0.1, 0.15) is 0 Å². The van der Waals surface area contributed by atoms with Gasteiger partial charge in [-0.1, -0.05) is 13.0 Å². The minimum atomic E-state index is -0.825. The third-order valence-corrected chi connectivity index (χ3v) is 4.03. The van der Waals surface area contributed by atoms with E-state index in [9.17, 15) is 4.79 Å². The van der Waals surface area contributed by atoms with Crippen molar-refractivity contribution in [2.24, 2.45) is 0 Å². The highest BCUT2D eigenvalue weighted by molar-refractivity contribution is 7.99. The van der Waals surface area contributed by atoms with Gasteiger partial charge in [0.15, 0.2) is 0 Å². The van der Waals surface area contributed by atoms with Crippen molar-refractivity contribution in [2.45, 2.75) is 31.1 Å². The molecule has 0 saturated heterocycles. The summed E-state index contributed by atoms with van der Waals surface area (Å²) in [4.78, 5) is 12.1. The van der Waals surface area contributed by atoms with Crippen LogP contribution in [0.2, 0.25) is 0 Å². The fraction of sp³-hybridized carbons (Fsp3) is 0.417. The Hall–Kier alpha value is -0.960. The smallest absolute Gasteiger partial charge is 0.335 e. The summed E-state index contributed by atoms with van der Waals surface area (Å²) in [5.74, 6) is 0.827. The molecule has 0 aromatic heterocycles. The lowest BCUT2D eigenvalue weighted by Gasteiger charge is -2.22. The third kappa shape index (κ3) is 1.88. The summed E-state index contributed by atoms with van der Waals surface area (Å²) in [5.41, 5.74) is 2.62. The molecule has 0 bridgehead atoms. The Morgan fingerprint density at radius 1 is 1.53 bits per heavy atom. The molecular weight excluding hydrogens is 208 g/mol. The summed E-state index contributed by atoms with van der Waals surface area (Å²) in [6, 6.07) is 3.86. The molecule has 3 heteroatoms. The number of fused-ring (bicyclic) bond motifs is 1. The van der Waals surface area contributed by atoms with E-state index in [0.29, 0.717) is 11.5 Å². The van der Waals surface area contributed by atoms with E-state index in [-0.39, 0.29) is 0 Å². The monoisotopic (exact) mass is 222 g/mol. The number of rotatable bonds is 1. The lowest BCUT2D eigenvalue weighted by molar-refractivity contribution is 0.0696. The predicted molar refractivity (Wildman–Crippen MR) is 61.9 cm³/mol. The molecule has 1 aliphatic rings. The van der Waals surface area contributed by atoms with Gasteiger partial charge >= 0.3 is 5.97 Å². The van der Waals surface area contributed by atoms with Crippen LogP contribution in [-0.2, 0) is 0 Å². The molecule has 80 valence electrons. The molecule has 1 aromatic carbocycles. The first-order valence-electron chi connectivity index (χ1n) is 5.10. The van der Waals surface area contributed by atoms with E-state index in [4.69, 9.17) is 5.11 Å². The van der Waals surface area contributed by atoms with Crippen LogP contribution < -0.4 is 0 Å². The average molecular weight is 222 g/mol. The second kappa shape index (κ2) is 3.89. The van der Waals surface area contributed by atoms with Gasteiger partial charge in [0.2, 0.25) is 0 Å². The van der Waals surface area contributed by atoms with Crippen molar-refractivity contribution in [3.05, 3.63) is 28.8 Å². The van der Waals surface area contributed by atoms with Crippen molar-refractivity contribution in [3.8, 4) is 0 Å². The zero-order valence-electron chi connectivity index (χ0n) is 8.91. The first-order valence-corrected chi connectivity index (χ1v) is 6.09. The van der Waals surface area contributed by atoms with E-state index < -0.39 is 5.97 Å². The van der Waals surface area contributed by atoms with Crippen molar-refractivity contribution < 1.29 is 9.90 Å². The molecule has 0 radical (unpaired) electrons. The number of aryl methyl sites for hydroxylation is 1. The number of carboxylic acid groups (broad SMARTS) is 1. The van der Waals surface area contributed by atoms with Gasteiger partial charge in [-0.15, -0.1) is 11.8 Å². The standard InChI is InChI=1S/C12H14O2S/c1-7-3-4-15-11-6-10(12(13)14)8(2)5-9(7)11/h5-7H,3-4H2,1-2H3,(H,13,14)/t7-/m0/s1. The number of benzene rings is 1. The van der Waals surface area contributed by atoms with Gasteiger partial charge in [-0.05, 0) is 42.2 Å². The molecule has 1 heterocycles. The highest BCUT2D eigenvalue weighted by Crippen LogP contribution is 2.38. The summed E-state index contributed by atoms with van der Waals surface area (Å²) in [5, 5.41) is 9.02. The van der Waals surface area contributed by atoms with Crippen LogP contribution in [0.3, 0.4) is 0 Å². The molecule has 0 aliphatic carbocycles. The number of carbonyl (C=O) groups is 1. The number of hydrogen-bond acceptors (Lipinski definition) is 2. The predicted octanol–water partition coefficient (Wildman–Crippen LogP) is 3.29. The molecule has 2 rings (SSSR count). The number of aromatic carboxylic acids is 1. The minimum Gasteiger partial charge on any atom is -0.478 e. The summed E-state index contributed by atoms with van der Waals surface area (Å²) in [6.07, 6.45) is 1.18. The maximum Gasteiger partial charge on any atom is 0.335 e. The summed E-state index contributed by atoms with van der Waals surface area (Å²) < 4.78 is 0. The second-order valence-electron chi connectivity index (χ2n) is 4.05. The van der Waals surface area contributed by atoms with Crippen molar-refractivity contribution in [1.29, 1.82) is 0 Å². The van der Waals surface area contributed by atoms with E-state index in [2.05, 4.69) is 6.92 Å². The van der Waals surface area contributed by atoms with Gasteiger partial charge in [0.25, 0.3) is 0 Å². The number of carboxylic acids is 1. The quantitative estimate of drug-likeness (QED) is 0.792. The van der Waals surface area contributed by atoms with Crippen LogP contribution in [0.15, 0.2) is 17.0 Å². The maximum atomic E-state index is 11.0. The number of hydrogen-bond donors (Lipinski definition) is 1. The van der Waals surface area contributed by atoms with Crippen LogP contribution in [0.1, 0.15) is 40.7 Å². The molecule has 1 N–H and O–H groups in total. The van der Waals surface area contributed by atoms with E-state index >= 15 is 0 Å². The molecule has 0 fully saturated rings. The second-order valence-corrected chi connectivity index (χ2v) is 5.19. The highest BCUT2D eigenvalue weighted by atomic mass is 32.2. The van der Waals surface area contributed by atoms with Crippen LogP contribution >= 0.6 is 11.8 Å². The molecule has 0 saturated carbocycles. The van der Waals surface area contributed by atoms with E-state index in [1.807, 2.05) is 19.1 Å². The molecule has 1 aromatic rings. The molecule has 0 amide bonds. The van der Waals surface area contributed by atoms with Crippen molar-refractivity contribution in [3.63, 3.8) is 0 Å². The Kier molecular flexibility index (Phi) is 2.74. The van der Waals surface area contributed by atoms with Crippen LogP contribution in [0.25, 0.3) is 0 Å². The van der Waals surface area contributed by atoms with Crippen molar-refractivity contribution >= 4 is 17.7 Å². The summed E-state index contributed by atoms with van der Waals surface area (Å²) in [7, 11) is 0. The summed E-state index contributed by atoms with van der Waals surface area (Å²) in [6.45, 7) is 4.08. The Morgan fingerprint density at radius 2 is 2.27 bits per heavy atom. The van der Waals surface area contributed by atoms with E-state index in [1.165, 1.54) is 12.0 Å². The van der Waals surface area contributed by atoms with Crippen LogP contribution in [0.4, 0.5) is 0 Å². The normalized spacial score (nSPS) is 19.7. The molecule has 0 unspecified atom stereocenters. The lowest BCUT2D eigenvalue weighted by Crippen LogP contribution is -2.08. The van der Waals surface area contributed by atoms with Gasteiger partial charge in [-0.25, -0.2) is 4.79 Å². The zero-order valence-corrected chi connectivity index (χ0v) is 9.73. The molecule has 1 aliphatic heterocycles. The van der Waals surface area contributed by atoms with Crippen molar-refractivity contribution in [1.82, 2.24) is 0 Å². The van der Waals surface area contributed by atoms with Gasteiger partial charge in [-0.2, -0.15) is 0 Å². The molecule has 1 atom stereocenters. The fourth-order valence-electron chi connectivity index (χ4n) is 1.95. The Morgan fingerprint density at radius 3 is 2.93 bits per heavy atom. The number of thioether (sulfide) groups is 1. The van der Waals surface area contributed by atoms with Crippen LogP contribution in [-0.4, -0.2) is 16.8 Å². The largest absolute Gasteiger partial charge is 0.478 e. The maximum absolute atomic E-state index is 11.0. The highest BCUT2D eigenvalue weighted by Gasteiger charge is 2.20. The third-order valence-electron chi connectivity index (χ3n) is 2.93.